The van der Waals surface area contributed by atoms with Gasteiger partial charge in [0, 0.05) is 19.7 Å². The molecule has 1 saturated heterocycles. The van der Waals surface area contributed by atoms with Gasteiger partial charge >= 0.3 is 0 Å². The molecule has 88 valence electrons. The van der Waals surface area contributed by atoms with Crippen molar-refractivity contribution >= 4 is 28.8 Å². The standard InChI is InChI=1S/C9H12ClN3O2S/c10-9-12-11-7(16-9)8(15)13-3-1-2-6(4-13)5-14/h6,14H,1-5H2. The first-order valence-corrected chi connectivity index (χ1v) is 6.29. The maximum atomic E-state index is 12.0. The highest BCUT2D eigenvalue weighted by atomic mass is 35.5. The molecule has 1 aromatic heterocycles. The third-order valence-corrected chi connectivity index (χ3v) is 3.65. The molecule has 1 aliphatic rings. The van der Waals surface area contributed by atoms with Gasteiger partial charge in [-0.25, -0.2) is 0 Å². The van der Waals surface area contributed by atoms with E-state index in [0.29, 0.717) is 18.1 Å². The summed E-state index contributed by atoms with van der Waals surface area (Å²) in [5, 5.41) is 16.7. The van der Waals surface area contributed by atoms with Crippen molar-refractivity contribution in [1.82, 2.24) is 15.1 Å². The van der Waals surface area contributed by atoms with Crippen LogP contribution in [0.25, 0.3) is 0 Å². The molecular formula is C9H12ClN3O2S. The van der Waals surface area contributed by atoms with Crippen LogP contribution >= 0.6 is 22.9 Å². The van der Waals surface area contributed by atoms with Crippen LogP contribution in [0.5, 0.6) is 0 Å². The number of carbonyl (C=O) groups is 1. The monoisotopic (exact) mass is 261 g/mol. The van der Waals surface area contributed by atoms with E-state index in [2.05, 4.69) is 10.2 Å². The highest BCUT2D eigenvalue weighted by molar-refractivity contribution is 7.17. The first-order chi connectivity index (χ1) is 7.70. The lowest BCUT2D eigenvalue weighted by Gasteiger charge is -2.31. The molecule has 16 heavy (non-hydrogen) atoms. The Hall–Kier alpha value is -0.720. The number of aliphatic hydroxyl groups is 1. The highest BCUT2D eigenvalue weighted by Crippen LogP contribution is 2.21. The Morgan fingerprint density at radius 1 is 1.62 bits per heavy atom. The van der Waals surface area contributed by atoms with Crippen LogP contribution in [0.1, 0.15) is 22.6 Å². The predicted molar refractivity (Wildman–Crippen MR) is 60.6 cm³/mol. The van der Waals surface area contributed by atoms with E-state index in [9.17, 15) is 4.79 Å². The minimum atomic E-state index is -0.137. The van der Waals surface area contributed by atoms with Crippen molar-refractivity contribution in [3.05, 3.63) is 9.47 Å². The molecule has 1 fully saturated rings. The SMILES string of the molecule is O=C(c1nnc(Cl)s1)N1CCCC(CO)C1. The van der Waals surface area contributed by atoms with Gasteiger partial charge in [-0.05, 0) is 30.4 Å². The van der Waals surface area contributed by atoms with Crippen LogP contribution in [0, 0.1) is 5.92 Å². The van der Waals surface area contributed by atoms with Gasteiger partial charge in [0.2, 0.25) is 9.47 Å². The topological polar surface area (TPSA) is 66.3 Å². The summed E-state index contributed by atoms with van der Waals surface area (Å²) >= 11 is 6.72. The molecule has 0 saturated carbocycles. The molecule has 0 radical (unpaired) electrons. The van der Waals surface area contributed by atoms with Crippen molar-refractivity contribution < 1.29 is 9.90 Å². The smallest absolute Gasteiger partial charge is 0.284 e. The van der Waals surface area contributed by atoms with Crippen LogP contribution in [-0.2, 0) is 0 Å². The summed E-state index contributed by atoms with van der Waals surface area (Å²) in [6.07, 6.45) is 1.89. The molecule has 1 aromatic rings. The summed E-state index contributed by atoms with van der Waals surface area (Å²) < 4.78 is 0.277. The van der Waals surface area contributed by atoms with E-state index >= 15 is 0 Å². The summed E-state index contributed by atoms with van der Waals surface area (Å²) in [6, 6.07) is 0. The predicted octanol–water partition coefficient (Wildman–Crippen LogP) is 1.04. The molecule has 1 unspecified atom stereocenters. The normalized spacial score (nSPS) is 21.1. The van der Waals surface area contributed by atoms with Crippen LogP contribution in [-0.4, -0.2) is 45.8 Å². The minimum absolute atomic E-state index is 0.126. The number of rotatable bonds is 2. The number of likely N-dealkylation sites (tertiary alicyclic amines) is 1. The maximum Gasteiger partial charge on any atom is 0.284 e. The van der Waals surface area contributed by atoms with Gasteiger partial charge < -0.3 is 10.0 Å². The van der Waals surface area contributed by atoms with E-state index in [0.717, 1.165) is 24.2 Å². The number of nitrogens with zero attached hydrogens (tertiary/aromatic N) is 3. The Balaban J connectivity index is 2.04. The van der Waals surface area contributed by atoms with E-state index < -0.39 is 0 Å². The summed E-state index contributed by atoms with van der Waals surface area (Å²) in [4.78, 5) is 13.7. The molecule has 2 heterocycles. The lowest BCUT2D eigenvalue weighted by molar-refractivity contribution is 0.0619. The number of aliphatic hydroxyl groups excluding tert-OH is 1. The third kappa shape index (κ3) is 2.50. The van der Waals surface area contributed by atoms with Gasteiger partial charge in [-0.1, -0.05) is 11.3 Å². The molecule has 0 bridgehead atoms. The molecule has 0 aliphatic carbocycles. The number of carbonyl (C=O) groups excluding carboxylic acids is 1. The van der Waals surface area contributed by atoms with Gasteiger partial charge in [-0.2, -0.15) is 0 Å². The molecule has 0 aromatic carbocycles. The van der Waals surface area contributed by atoms with Crippen LogP contribution in [0.2, 0.25) is 4.47 Å². The van der Waals surface area contributed by atoms with Crippen molar-refractivity contribution in [3.8, 4) is 0 Å². The third-order valence-electron chi connectivity index (χ3n) is 2.65. The van der Waals surface area contributed by atoms with E-state index in [-0.39, 0.29) is 22.9 Å². The quantitative estimate of drug-likeness (QED) is 0.864. The van der Waals surface area contributed by atoms with Crippen molar-refractivity contribution in [3.63, 3.8) is 0 Å². The van der Waals surface area contributed by atoms with E-state index in [4.69, 9.17) is 16.7 Å². The average Bonchev–Trinajstić information content (AvgIpc) is 2.75. The Bertz CT molecular complexity index is 385. The lowest BCUT2D eigenvalue weighted by Crippen LogP contribution is -2.40. The van der Waals surface area contributed by atoms with Crippen molar-refractivity contribution in [2.45, 2.75) is 12.8 Å². The number of aromatic nitrogens is 2. The molecule has 1 N–H and O–H groups in total. The van der Waals surface area contributed by atoms with Crippen LogP contribution < -0.4 is 0 Å². The van der Waals surface area contributed by atoms with E-state index in [1.165, 1.54) is 0 Å². The maximum absolute atomic E-state index is 12.0. The Morgan fingerprint density at radius 2 is 2.44 bits per heavy atom. The van der Waals surface area contributed by atoms with Crippen LogP contribution in [0.15, 0.2) is 0 Å². The number of amides is 1. The number of hydrogen-bond donors (Lipinski definition) is 1. The van der Waals surface area contributed by atoms with Crippen LogP contribution in [0.4, 0.5) is 0 Å². The second-order valence-corrected chi connectivity index (χ2v) is 5.36. The first-order valence-electron chi connectivity index (χ1n) is 5.10. The average molecular weight is 262 g/mol. The second kappa shape index (κ2) is 5.07. The molecule has 1 atom stereocenters. The summed E-state index contributed by atoms with van der Waals surface area (Å²) in [5.74, 6) is 0.0450. The van der Waals surface area contributed by atoms with Crippen molar-refractivity contribution in [2.24, 2.45) is 5.92 Å². The molecular weight excluding hydrogens is 250 g/mol. The van der Waals surface area contributed by atoms with Gasteiger partial charge in [0.1, 0.15) is 0 Å². The van der Waals surface area contributed by atoms with E-state index in [1.807, 2.05) is 0 Å². The van der Waals surface area contributed by atoms with Gasteiger partial charge in [0.15, 0.2) is 0 Å². The largest absolute Gasteiger partial charge is 0.396 e. The minimum Gasteiger partial charge on any atom is -0.396 e. The van der Waals surface area contributed by atoms with Crippen molar-refractivity contribution in [2.75, 3.05) is 19.7 Å². The molecule has 5 nitrogen and oxygen atoms in total. The van der Waals surface area contributed by atoms with Gasteiger partial charge in [0.05, 0.1) is 0 Å². The molecule has 1 aliphatic heterocycles. The number of halogens is 1. The lowest BCUT2D eigenvalue weighted by atomic mass is 9.99. The Morgan fingerprint density at radius 3 is 3.06 bits per heavy atom. The summed E-state index contributed by atoms with van der Waals surface area (Å²) in [5.41, 5.74) is 0. The first kappa shape index (κ1) is 11.8. The van der Waals surface area contributed by atoms with E-state index in [1.54, 1.807) is 4.90 Å². The summed E-state index contributed by atoms with van der Waals surface area (Å²) in [7, 11) is 0. The highest BCUT2D eigenvalue weighted by Gasteiger charge is 2.26. The zero-order valence-corrected chi connectivity index (χ0v) is 10.2. The number of piperidine rings is 1. The fourth-order valence-corrected chi connectivity index (χ4v) is 2.62. The fourth-order valence-electron chi connectivity index (χ4n) is 1.83. The second-order valence-electron chi connectivity index (χ2n) is 3.80. The van der Waals surface area contributed by atoms with Gasteiger partial charge in [-0.15, -0.1) is 10.2 Å². The Labute approximate surface area is 102 Å². The molecule has 0 spiro atoms. The number of hydrogen-bond acceptors (Lipinski definition) is 5. The van der Waals surface area contributed by atoms with Gasteiger partial charge in [-0.3, -0.25) is 4.79 Å². The molecule has 2 rings (SSSR count). The van der Waals surface area contributed by atoms with Crippen molar-refractivity contribution in [1.29, 1.82) is 0 Å². The molecule has 7 heteroatoms. The fraction of sp³-hybridized carbons (Fsp3) is 0.667. The van der Waals surface area contributed by atoms with Gasteiger partial charge in [0.25, 0.3) is 5.91 Å². The summed E-state index contributed by atoms with van der Waals surface area (Å²) in [6.45, 7) is 1.43. The Kier molecular flexibility index (Phi) is 3.73. The molecule has 1 amide bonds. The van der Waals surface area contributed by atoms with Crippen LogP contribution in [0.3, 0.4) is 0 Å². The zero-order chi connectivity index (χ0) is 11.5. The zero-order valence-electron chi connectivity index (χ0n) is 8.60.